The number of nitrogens with one attached hydrogen (secondary N) is 2. The predicted octanol–water partition coefficient (Wildman–Crippen LogP) is 2.60. The van der Waals surface area contributed by atoms with Crippen LogP contribution in [0.3, 0.4) is 0 Å². The van der Waals surface area contributed by atoms with Crippen LogP contribution in [0.4, 0.5) is 18.9 Å². The number of anilines is 1. The molecule has 0 radical (unpaired) electrons. The smallest absolute Gasteiger partial charge is 0.387 e. The molecule has 1 atom stereocenters. The molecule has 1 aliphatic heterocycles. The zero-order valence-electron chi connectivity index (χ0n) is 15.1. The summed E-state index contributed by atoms with van der Waals surface area (Å²) >= 11 is 0. The average molecular weight is 387 g/mol. The van der Waals surface area contributed by atoms with Gasteiger partial charge in [-0.05, 0) is 50.4 Å². The summed E-state index contributed by atoms with van der Waals surface area (Å²) < 4.78 is 41.7. The molecule has 2 amide bonds. The molecule has 0 aromatic heterocycles. The fourth-order valence-corrected chi connectivity index (χ4v) is 3.03. The first-order valence-corrected chi connectivity index (χ1v) is 8.91. The SMILES string of the molecule is CC1CCCN(CCCNC(=O)C(=O)Nc2ccc(OC(F)F)c(F)c2)C1. The molecule has 2 rings (SSSR count). The molecule has 1 aromatic rings. The quantitative estimate of drug-likeness (QED) is 0.557. The Hall–Kier alpha value is -2.29. The molecular formula is C18H24F3N3O3. The highest BCUT2D eigenvalue weighted by molar-refractivity contribution is 6.39. The normalized spacial score (nSPS) is 17.6. The van der Waals surface area contributed by atoms with E-state index in [0.29, 0.717) is 12.5 Å². The molecular weight excluding hydrogens is 363 g/mol. The van der Waals surface area contributed by atoms with Gasteiger partial charge in [-0.3, -0.25) is 9.59 Å². The lowest BCUT2D eigenvalue weighted by molar-refractivity contribution is -0.136. The van der Waals surface area contributed by atoms with Crippen molar-refractivity contribution in [1.82, 2.24) is 10.2 Å². The lowest BCUT2D eigenvalue weighted by atomic mass is 10.0. The molecule has 1 fully saturated rings. The van der Waals surface area contributed by atoms with Crippen molar-refractivity contribution in [1.29, 1.82) is 0 Å². The number of piperidine rings is 1. The minimum atomic E-state index is -3.15. The first kappa shape index (κ1) is 21.0. The van der Waals surface area contributed by atoms with Crippen LogP contribution in [-0.2, 0) is 9.59 Å². The van der Waals surface area contributed by atoms with Crippen molar-refractivity contribution in [2.75, 3.05) is 31.5 Å². The molecule has 0 bridgehead atoms. The van der Waals surface area contributed by atoms with Crippen molar-refractivity contribution in [3.8, 4) is 5.75 Å². The lowest BCUT2D eigenvalue weighted by Crippen LogP contribution is -2.39. The van der Waals surface area contributed by atoms with E-state index in [-0.39, 0.29) is 5.69 Å². The molecule has 0 saturated carbocycles. The third-order valence-electron chi connectivity index (χ3n) is 4.29. The number of likely N-dealkylation sites (tertiary alicyclic amines) is 1. The number of carbonyl (C=O) groups is 2. The van der Waals surface area contributed by atoms with Gasteiger partial charge in [0.15, 0.2) is 11.6 Å². The molecule has 6 nitrogen and oxygen atoms in total. The first-order chi connectivity index (χ1) is 12.8. The van der Waals surface area contributed by atoms with E-state index >= 15 is 0 Å². The Labute approximate surface area is 156 Å². The Morgan fingerprint density at radius 3 is 2.78 bits per heavy atom. The van der Waals surface area contributed by atoms with E-state index in [4.69, 9.17) is 0 Å². The van der Waals surface area contributed by atoms with Gasteiger partial charge in [-0.15, -0.1) is 0 Å². The molecule has 9 heteroatoms. The fraction of sp³-hybridized carbons (Fsp3) is 0.556. The lowest BCUT2D eigenvalue weighted by Gasteiger charge is -2.30. The topological polar surface area (TPSA) is 70.7 Å². The van der Waals surface area contributed by atoms with Gasteiger partial charge in [0, 0.05) is 24.8 Å². The molecule has 1 aromatic carbocycles. The summed E-state index contributed by atoms with van der Waals surface area (Å²) in [6.45, 7) is 2.36. The number of rotatable bonds is 7. The van der Waals surface area contributed by atoms with Gasteiger partial charge < -0.3 is 20.3 Å². The molecule has 2 N–H and O–H groups in total. The summed E-state index contributed by atoms with van der Waals surface area (Å²) in [6.07, 6.45) is 3.14. The van der Waals surface area contributed by atoms with E-state index < -0.39 is 30.0 Å². The Bertz CT molecular complexity index is 658. The number of carbonyl (C=O) groups excluding carboxylic acids is 2. The number of hydrogen-bond acceptors (Lipinski definition) is 4. The first-order valence-electron chi connectivity index (χ1n) is 8.91. The maximum Gasteiger partial charge on any atom is 0.387 e. The van der Waals surface area contributed by atoms with Gasteiger partial charge in [-0.2, -0.15) is 8.78 Å². The van der Waals surface area contributed by atoms with Crippen LogP contribution in [0.1, 0.15) is 26.2 Å². The molecule has 1 aliphatic rings. The highest BCUT2D eigenvalue weighted by Gasteiger charge is 2.17. The number of hydrogen-bond donors (Lipinski definition) is 2. The maximum absolute atomic E-state index is 13.6. The maximum atomic E-state index is 13.6. The third-order valence-corrected chi connectivity index (χ3v) is 4.29. The van der Waals surface area contributed by atoms with Crippen LogP contribution in [0.5, 0.6) is 5.75 Å². The van der Waals surface area contributed by atoms with Crippen LogP contribution in [0.2, 0.25) is 0 Å². The van der Waals surface area contributed by atoms with Crippen molar-refractivity contribution >= 4 is 17.5 Å². The van der Waals surface area contributed by atoms with Crippen molar-refractivity contribution in [3.05, 3.63) is 24.0 Å². The number of nitrogens with zero attached hydrogens (tertiary/aromatic N) is 1. The summed E-state index contributed by atoms with van der Waals surface area (Å²) in [5.41, 5.74) is -0.0310. The Balaban J connectivity index is 1.72. The van der Waals surface area contributed by atoms with Crippen LogP contribution in [0.25, 0.3) is 0 Å². The van der Waals surface area contributed by atoms with Gasteiger partial charge in [-0.25, -0.2) is 4.39 Å². The van der Waals surface area contributed by atoms with E-state index in [2.05, 4.69) is 27.2 Å². The van der Waals surface area contributed by atoms with Crippen LogP contribution >= 0.6 is 0 Å². The number of halogens is 3. The summed E-state index contributed by atoms with van der Waals surface area (Å²) in [4.78, 5) is 26.0. The van der Waals surface area contributed by atoms with Gasteiger partial charge in [-0.1, -0.05) is 6.92 Å². The van der Waals surface area contributed by atoms with Crippen LogP contribution in [-0.4, -0.2) is 49.5 Å². The van der Waals surface area contributed by atoms with E-state index in [0.717, 1.165) is 38.2 Å². The summed E-state index contributed by atoms with van der Waals surface area (Å²) in [5, 5.41) is 4.73. The number of alkyl halides is 2. The largest absolute Gasteiger partial charge is 0.432 e. The number of ether oxygens (including phenoxy) is 1. The van der Waals surface area contributed by atoms with E-state index in [1.165, 1.54) is 18.9 Å². The van der Waals surface area contributed by atoms with E-state index in [1.807, 2.05) is 0 Å². The summed E-state index contributed by atoms with van der Waals surface area (Å²) in [7, 11) is 0. The van der Waals surface area contributed by atoms with Gasteiger partial charge in [0.05, 0.1) is 0 Å². The number of amides is 2. The van der Waals surface area contributed by atoms with Gasteiger partial charge in [0.2, 0.25) is 0 Å². The van der Waals surface area contributed by atoms with Crippen molar-refractivity contribution < 1.29 is 27.5 Å². The minimum Gasteiger partial charge on any atom is -0.432 e. The second-order valence-corrected chi connectivity index (χ2v) is 6.64. The third kappa shape index (κ3) is 7.09. The highest BCUT2D eigenvalue weighted by atomic mass is 19.3. The van der Waals surface area contributed by atoms with Gasteiger partial charge >= 0.3 is 18.4 Å². The Morgan fingerprint density at radius 1 is 1.33 bits per heavy atom. The summed E-state index contributed by atoms with van der Waals surface area (Å²) in [5.74, 6) is -2.82. The Morgan fingerprint density at radius 2 is 2.11 bits per heavy atom. The van der Waals surface area contributed by atoms with E-state index in [9.17, 15) is 22.8 Å². The highest BCUT2D eigenvalue weighted by Crippen LogP contribution is 2.22. The zero-order chi connectivity index (χ0) is 19.8. The predicted molar refractivity (Wildman–Crippen MR) is 94.1 cm³/mol. The molecule has 150 valence electrons. The molecule has 0 aliphatic carbocycles. The van der Waals surface area contributed by atoms with Crippen molar-refractivity contribution in [3.63, 3.8) is 0 Å². The Kier molecular flexibility index (Phi) is 7.90. The standard InChI is InChI=1S/C18H24F3N3O3/c1-12-4-2-8-24(11-12)9-3-7-22-16(25)17(26)23-13-5-6-15(14(19)10-13)27-18(20)21/h5-6,10,12,18H,2-4,7-9,11H2,1H3,(H,22,25)(H,23,26). The second kappa shape index (κ2) is 10.1. The van der Waals surface area contributed by atoms with Gasteiger partial charge in [0.25, 0.3) is 0 Å². The van der Waals surface area contributed by atoms with Crippen molar-refractivity contribution in [2.24, 2.45) is 5.92 Å². The van der Waals surface area contributed by atoms with Crippen molar-refractivity contribution in [2.45, 2.75) is 32.8 Å². The monoisotopic (exact) mass is 387 g/mol. The second-order valence-electron chi connectivity index (χ2n) is 6.64. The van der Waals surface area contributed by atoms with Crippen LogP contribution in [0, 0.1) is 11.7 Å². The minimum absolute atomic E-state index is 0.0310. The molecule has 0 spiro atoms. The molecule has 27 heavy (non-hydrogen) atoms. The molecule has 1 unspecified atom stereocenters. The van der Waals surface area contributed by atoms with Gasteiger partial charge in [0.1, 0.15) is 0 Å². The van der Waals surface area contributed by atoms with Crippen LogP contribution < -0.4 is 15.4 Å². The average Bonchev–Trinajstić information content (AvgIpc) is 2.60. The number of benzene rings is 1. The molecule has 1 heterocycles. The van der Waals surface area contributed by atoms with Crippen LogP contribution in [0.15, 0.2) is 18.2 Å². The zero-order valence-corrected chi connectivity index (χ0v) is 15.1. The van der Waals surface area contributed by atoms with E-state index in [1.54, 1.807) is 0 Å². The summed E-state index contributed by atoms with van der Waals surface area (Å²) in [6, 6.07) is 2.93. The fourth-order valence-electron chi connectivity index (χ4n) is 3.03. The molecule has 1 saturated heterocycles.